The molecule has 1 unspecified atom stereocenters. The van der Waals surface area contributed by atoms with Gasteiger partial charge in [0.05, 0.1) is 6.04 Å². The van der Waals surface area contributed by atoms with Crippen LogP contribution in [0.1, 0.15) is 39.7 Å². The largest absolute Gasteiger partial charge is 0.316 e. The second-order valence-electron chi connectivity index (χ2n) is 5.89. The van der Waals surface area contributed by atoms with Gasteiger partial charge in [0.15, 0.2) is 0 Å². The van der Waals surface area contributed by atoms with Crippen molar-refractivity contribution in [2.24, 2.45) is 5.92 Å². The van der Waals surface area contributed by atoms with E-state index in [0.717, 1.165) is 31.5 Å². The molecule has 21 heavy (non-hydrogen) atoms. The molecule has 1 heterocycles. The number of hydrogen-bond acceptors (Lipinski definition) is 4. The van der Waals surface area contributed by atoms with Gasteiger partial charge in [-0.05, 0) is 44.0 Å². The van der Waals surface area contributed by atoms with Gasteiger partial charge in [0.2, 0.25) is 5.82 Å². The Morgan fingerprint density at radius 2 is 1.90 bits per heavy atom. The van der Waals surface area contributed by atoms with E-state index in [1.165, 1.54) is 0 Å². The Morgan fingerprint density at radius 3 is 2.62 bits per heavy atom. The zero-order chi connectivity index (χ0) is 15.1. The number of tetrazole rings is 1. The molecule has 0 fully saturated rings. The van der Waals surface area contributed by atoms with Gasteiger partial charge < -0.3 is 5.32 Å². The summed E-state index contributed by atoms with van der Waals surface area (Å²) in [4.78, 5) is 1.73. The third-order valence-corrected chi connectivity index (χ3v) is 3.38. The summed E-state index contributed by atoms with van der Waals surface area (Å²) in [5, 5.41) is 16.3. The van der Waals surface area contributed by atoms with Crippen LogP contribution in [0.15, 0.2) is 30.3 Å². The van der Waals surface area contributed by atoms with Gasteiger partial charge in [0.25, 0.3) is 0 Å². The third-order valence-electron chi connectivity index (χ3n) is 3.38. The minimum atomic E-state index is 0.274. The number of rotatable bonds is 8. The fourth-order valence-corrected chi connectivity index (χ4v) is 2.14. The molecule has 1 aromatic carbocycles. The average molecular weight is 287 g/mol. The van der Waals surface area contributed by atoms with Crippen molar-refractivity contribution in [1.82, 2.24) is 25.5 Å². The maximum Gasteiger partial charge on any atom is 0.204 e. The molecule has 5 nitrogen and oxygen atoms in total. The lowest BCUT2D eigenvalue weighted by Crippen LogP contribution is -2.21. The Kier molecular flexibility index (Phi) is 5.87. The van der Waals surface area contributed by atoms with Gasteiger partial charge in [-0.15, -0.1) is 10.2 Å². The van der Waals surface area contributed by atoms with Crippen molar-refractivity contribution in [2.45, 2.75) is 39.7 Å². The molecule has 2 aromatic rings. The van der Waals surface area contributed by atoms with Crippen LogP contribution in [-0.4, -0.2) is 33.3 Å². The van der Waals surface area contributed by atoms with E-state index in [1.54, 1.807) is 4.80 Å². The Hall–Kier alpha value is -1.75. The summed E-state index contributed by atoms with van der Waals surface area (Å²) in [6.45, 7) is 8.70. The van der Waals surface area contributed by atoms with E-state index in [9.17, 15) is 0 Å². The van der Waals surface area contributed by atoms with Gasteiger partial charge in [-0.3, -0.25) is 0 Å². The molecule has 1 aromatic heterocycles. The van der Waals surface area contributed by atoms with Crippen molar-refractivity contribution in [1.29, 1.82) is 0 Å². The van der Waals surface area contributed by atoms with Gasteiger partial charge in [-0.25, -0.2) is 0 Å². The molecule has 0 bridgehead atoms. The van der Waals surface area contributed by atoms with Crippen molar-refractivity contribution in [2.75, 3.05) is 13.1 Å². The molecule has 5 heteroatoms. The Bertz CT molecular complexity index is 520. The quantitative estimate of drug-likeness (QED) is 0.758. The Labute approximate surface area is 126 Å². The average Bonchev–Trinajstić information content (AvgIpc) is 2.97. The number of benzene rings is 1. The Balaban J connectivity index is 1.81. The van der Waals surface area contributed by atoms with Gasteiger partial charge in [-0.1, -0.05) is 44.2 Å². The smallest absolute Gasteiger partial charge is 0.204 e. The first kappa shape index (κ1) is 15.6. The number of hydrogen-bond donors (Lipinski definition) is 1. The number of nitrogens with one attached hydrogen (secondary N) is 1. The van der Waals surface area contributed by atoms with Crippen molar-refractivity contribution >= 4 is 0 Å². The van der Waals surface area contributed by atoms with Crippen molar-refractivity contribution in [3.05, 3.63) is 30.3 Å². The SMILES string of the molecule is CC(C)CNCCCC(C)n1nnc(-c2ccccc2)n1. The van der Waals surface area contributed by atoms with E-state index >= 15 is 0 Å². The van der Waals surface area contributed by atoms with Gasteiger partial charge in [0.1, 0.15) is 0 Å². The summed E-state index contributed by atoms with van der Waals surface area (Å²) >= 11 is 0. The molecule has 0 aliphatic heterocycles. The Morgan fingerprint density at radius 1 is 1.14 bits per heavy atom. The highest BCUT2D eigenvalue weighted by atomic mass is 15.6. The van der Waals surface area contributed by atoms with Gasteiger partial charge in [0, 0.05) is 5.56 Å². The van der Waals surface area contributed by atoms with Crippen LogP contribution in [0.25, 0.3) is 11.4 Å². The highest BCUT2D eigenvalue weighted by Crippen LogP contribution is 2.15. The maximum atomic E-state index is 4.48. The third kappa shape index (κ3) is 4.93. The zero-order valence-corrected chi connectivity index (χ0v) is 13.2. The standard InChI is InChI=1S/C16H25N5/c1-13(2)12-17-11-7-8-14(3)21-19-16(18-20-21)15-9-5-4-6-10-15/h4-6,9-10,13-14,17H,7-8,11-12H2,1-3H3. The monoisotopic (exact) mass is 287 g/mol. The van der Waals surface area contributed by atoms with Crippen LogP contribution in [0.2, 0.25) is 0 Å². The molecular formula is C16H25N5. The van der Waals surface area contributed by atoms with Crippen LogP contribution in [0.3, 0.4) is 0 Å². The molecule has 0 amide bonds. The minimum absolute atomic E-state index is 0.274. The number of nitrogens with zero attached hydrogens (tertiary/aromatic N) is 4. The molecule has 0 aliphatic rings. The lowest BCUT2D eigenvalue weighted by atomic mass is 10.2. The summed E-state index contributed by atoms with van der Waals surface area (Å²) in [5.74, 6) is 1.40. The van der Waals surface area contributed by atoms with E-state index in [2.05, 4.69) is 41.5 Å². The summed E-state index contributed by atoms with van der Waals surface area (Å²) in [6.07, 6.45) is 2.17. The highest BCUT2D eigenvalue weighted by molar-refractivity contribution is 5.52. The van der Waals surface area contributed by atoms with Crippen LogP contribution >= 0.6 is 0 Å². The zero-order valence-electron chi connectivity index (χ0n) is 13.2. The molecule has 0 aliphatic carbocycles. The topological polar surface area (TPSA) is 55.6 Å². The predicted octanol–water partition coefficient (Wildman–Crippen LogP) is 2.93. The highest BCUT2D eigenvalue weighted by Gasteiger charge is 2.10. The first-order valence-electron chi connectivity index (χ1n) is 7.72. The summed E-state index contributed by atoms with van der Waals surface area (Å²) in [6, 6.07) is 10.2. The molecule has 1 N–H and O–H groups in total. The second kappa shape index (κ2) is 7.88. The molecule has 0 saturated heterocycles. The van der Waals surface area contributed by atoms with E-state index in [-0.39, 0.29) is 6.04 Å². The molecular weight excluding hydrogens is 262 g/mol. The van der Waals surface area contributed by atoms with E-state index in [0.29, 0.717) is 11.7 Å². The molecule has 0 saturated carbocycles. The van der Waals surface area contributed by atoms with Crippen LogP contribution in [0, 0.1) is 5.92 Å². The van der Waals surface area contributed by atoms with E-state index in [1.807, 2.05) is 30.3 Å². The number of aromatic nitrogens is 4. The van der Waals surface area contributed by atoms with Crippen molar-refractivity contribution in [3.8, 4) is 11.4 Å². The molecule has 114 valence electrons. The fourth-order valence-electron chi connectivity index (χ4n) is 2.14. The van der Waals surface area contributed by atoms with Crippen LogP contribution < -0.4 is 5.32 Å². The first-order valence-corrected chi connectivity index (χ1v) is 7.72. The molecule has 0 spiro atoms. The van der Waals surface area contributed by atoms with Gasteiger partial charge >= 0.3 is 0 Å². The van der Waals surface area contributed by atoms with Gasteiger partial charge in [-0.2, -0.15) is 4.80 Å². The first-order chi connectivity index (χ1) is 10.2. The summed E-state index contributed by atoms with van der Waals surface area (Å²) in [7, 11) is 0. The lowest BCUT2D eigenvalue weighted by molar-refractivity contribution is 0.386. The summed E-state index contributed by atoms with van der Waals surface area (Å²) < 4.78 is 0. The van der Waals surface area contributed by atoms with E-state index in [4.69, 9.17) is 0 Å². The molecule has 0 radical (unpaired) electrons. The summed E-state index contributed by atoms with van der Waals surface area (Å²) in [5.41, 5.74) is 1.01. The van der Waals surface area contributed by atoms with Crippen LogP contribution in [-0.2, 0) is 0 Å². The van der Waals surface area contributed by atoms with E-state index < -0.39 is 0 Å². The molecule has 1 atom stereocenters. The second-order valence-corrected chi connectivity index (χ2v) is 5.89. The lowest BCUT2D eigenvalue weighted by Gasteiger charge is -2.11. The van der Waals surface area contributed by atoms with Crippen molar-refractivity contribution in [3.63, 3.8) is 0 Å². The van der Waals surface area contributed by atoms with Crippen LogP contribution in [0.5, 0.6) is 0 Å². The normalized spacial score (nSPS) is 12.8. The predicted molar refractivity (Wildman–Crippen MR) is 84.9 cm³/mol. The fraction of sp³-hybridized carbons (Fsp3) is 0.562. The minimum Gasteiger partial charge on any atom is -0.316 e. The van der Waals surface area contributed by atoms with Crippen LogP contribution in [0.4, 0.5) is 0 Å². The van der Waals surface area contributed by atoms with Crippen molar-refractivity contribution < 1.29 is 0 Å². The maximum absolute atomic E-state index is 4.48. The molecule has 2 rings (SSSR count).